The number of nitrogens with zero attached hydrogens (tertiary/aromatic N) is 4. The molecule has 160 valence electrons. The van der Waals surface area contributed by atoms with Crippen molar-refractivity contribution in [3.8, 4) is 0 Å². The highest BCUT2D eigenvalue weighted by Gasteiger charge is 2.35. The lowest BCUT2D eigenvalue weighted by molar-refractivity contribution is 0.0685. The average molecular weight is 412 g/mol. The number of fused-ring (bicyclic) bond motifs is 4. The molecule has 30 heavy (non-hydrogen) atoms. The van der Waals surface area contributed by atoms with Crippen molar-refractivity contribution in [2.75, 3.05) is 26.2 Å². The molecule has 2 saturated heterocycles. The Morgan fingerprint density at radius 2 is 1.87 bits per heavy atom. The number of carboxylic acid groups (broad SMARTS) is 1. The Morgan fingerprint density at radius 3 is 2.67 bits per heavy atom. The van der Waals surface area contributed by atoms with Crippen LogP contribution in [0.3, 0.4) is 0 Å². The monoisotopic (exact) mass is 411 g/mol. The molecule has 8 heteroatoms. The van der Waals surface area contributed by atoms with Gasteiger partial charge in [0.2, 0.25) is 0 Å². The van der Waals surface area contributed by atoms with Gasteiger partial charge in [0.15, 0.2) is 0 Å². The lowest BCUT2D eigenvalue weighted by Crippen LogP contribution is -2.47. The highest BCUT2D eigenvalue weighted by atomic mass is 16.4. The van der Waals surface area contributed by atoms with E-state index in [1.54, 1.807) is 6.20 Å². The summed E-state index contributed by atoms with van der Waals surface area (Å²) < 4.78 is 2.02. The van der Waals surface area contributed by atoms with Gasteiger partial charge in [0, 0.05) is 55.5 Å². The number of likely N-dealkylation sites (tertiary alicyclic amines) is 2. The highest BCUT2D eigenvalue weighted by molar-refractivity contribution is 5.86. The molecule has 2 bridgehead atoms. The highest BCUT2D eigenvalue weighted by Crippen LogP contribution is 2.36. The van der Waals surface area contributed by atoms with Crippen LogP contribution in [0.5, 0.6) is 0 Å². The van der Waals surface area contributed by atoms with Crippen LogP contribution in [0.1, 0.15) is 58.9 Å². The van der Waals surface area contributed by atoms with E-state index in [2.05, 4.69) is 26.1 Å². The zero-order valence-electron chi connectivity index (χ0n) is 17.2. The first-order valence-corrected chi connectivity index (χ1v) is 11.0. The summed E-state index contributed by atoms with van der Waals surface area (Å²) in [4.78, 5) is 29.3. The third kappa shape index (κ3) is 3.70. The van der Waals surface area contributed by atoms with Crippen molar-refractivity contribution in [3.63, 3.8) is 0 Å². The quantitative estimate of drug-likeness (QED) is 0.780. The van der Waals surface area contributed by atoms with Crippen molar-refractivity contribution in [2.24, 2.45) is 5.92 Å². The first-order chi connectivity index (χ1) is 14.6. The fourth-order valence-corrected chi connectivity index (χ4v) is 5.56. The van der Waals surface area contributed by atoms with Gasteiger partial charge >= 0.3 is 5.97 Å². The first kappa shape index (κ1) is 19.5. The molecule has 2 fully saturated rings. The summed E-state index contributed by atoms with van der Waals surface area (Å²) in [5.74, 6) is -0.244. The summed E-state index contributed by atoms with van der Waals surface area (Å²) in [6, 6.07) is 4.20. The molecule has 2 aromatic heterocycles. The van der Waals surface area contributed by atoms with E-state index in [0.717, 1.165) is 62.5 Å². The number of hydrogen-bond acceptors (Lipinski definition) is 5. The summed E-state index contributed by atoms with van der Waals surface area (Å²) in [5.41, 5.74) is 3.13. The van der Waals surface area contributed by atoms with Gasteiger partial charge in [0.25, 0.3) is 5.56 Å². The Hall–Kier alpha value is -2.45. The van der Waals surface area contributed by atoms with E-state index < -0.39 is 5.97 Å². The Kier molecular flexibility index (Phi) is 5.20. The van der Waals surface area contributed by atoms with E-state index in [4.69, 9.17) is 0 Å². The van der Waals surface area contributed by atoms with Crippen LogP contribution in [0.25, 0.3) is 0 Å². The van der Waals surface area contributed by atoms with Crippen LogP contribution < -0.4 is 5.56 Å². The number of aromatic amines is 1. The van der Waals surface area contributed by atoms with Gasteiger partial charge in [-0.1, -0.05) is 12.5 Å². The van der Waals surface area contributed by atoms with E-state index in [0.29, 0.717) is 18.4 Å². The number of pyridine rings is 1. The second-order valence-corrected chi connectivity index (χ2v) is 9.10. The van der Waals surface area contributed by atoms with Crippen LogP contribution in [-0.2, 0) is 19.6 Å². The molecule has 0 amide bonds. The third-order valence-corrected chi connectivity index (χ3v) is 6.93. The first-order valence-electron chi connectivity index (χ1n) is 11.0. The molecule has 8 nitrogen and oxygen atoms in total. The molecule has 0 unspecified atom stereocenters. The SMILES string of the molecule is O=C(O)c1[nH]ncc1CN1C[C@@H]2C[C@H](C1)c1ccc(CN3CCCCC3)c(=O)n1C2. The molecule has 5 heterocycles. The second-order valence-electron chi connectivity index (χ2n) is 9.10. The average Bonchev–Trinajstić information content (AvgIpc) is 3.20. The summed E-state index contributed by atoms with van der Waals surface area (Å²) in [6.45, 7) is 5.99. The van der Waals surface area contributed by atoms with Crippen molar-refractivity contribution in [2.45, 2.75) is 51.2 Å². The largest absolute Gasteiger partial charge is 0.477 e. The Bertz CT molecular complexity index is 991. The molecule has 3 aliphatic heterocycles. The van der Waals surface area contributed by atoms with Gasteiger partial charge in [0.05, 0.1) is 6.20 Å². The summed E-state index contributed by atoms with van der Waals surface area (Å²) in [7, 11) is 0. The van der Waals surface area contributed by atoms with E-state index >= 15 is 0 Å². The van der Waals surface area contributed by atoms with E-state index in [-0.39, 0.29) is 11.3 Å². The maximum absolute atomic E-state index is 13.2. The lowest BCUT2D eigenvalue weighted by Gasteiger charge is -2.43. The molecule has 3 aliphatic rings. The molecule has 0 radical (unpaired) electrons. The number of nitrogens with one attached hydrogen (secondary N) is 1. The van der Waals surface area contributed by atoms with Gasteiger partial charge in [-0.25, -0.2) is 4.79 Å². The normalized spacial score (nSPS) is 24.5. The minimum atomic E-state index is -0.974. The third-order valence-electron chi connectivity index (χ3n) is 6.93. The number of aromatic carboxylic acids is 1. The molecule has 2 atom stereocenters. The number of piperidine rings is 2. The summed E-state index contributed by atoms with van der Waals surface area (Å²) in [6.07, 6.45) is 6.46. The molecule has 5 rings (SSSR count). The van der Waals surface area contributed by atoms with E-state index in [9.17, 15) is 14.7 Å². The number of hydrogen-bond donors (Lipinski definition) is 2. The van der Waals surface area contributed by atoms with Crippen molar-refractivity contribution >= 4 is 5.97 Å². The molecule has 0 saturated carbocycles. The van der Waals surface area contributed by atoms with Gasteiger partial charge in [-0.2, -0.15) is 5.10 Å². The molecule has 2 N–H and O–H groups in total. The molecular weight excluding hydrogens is 382 g/mol. The summed E-state index contributed by atoms with van der Waals surface area (Å²) >= 11 is 0. The Morgan fingerprint density at radius 1 is 1.07 bits per heavy atom. The smallest absolute Gasteiger partial charge is 0.354 e. The maximum Gasteiger partial charge on any atom is 0.354 e. The van der Waals surface area contributed by atoms with Gasteiger partial charge in [0.1, 0.15) is 5.69 Å². The van der Waals surface area contributed by atoms with E-state index in [1.165, 1.54) is 19.3 Å². The van der Waals surface area contributed by atoms with Crippen molar-refractivity contribution < 1.29 is 9.90 Å². The van der Waals surface area contributed by atoms with Crippen LogP contribution in [0, 0.1) is 5.92 Å². The fourth-order valence-electron chi connectivity index (χ4n) is 5.56. The molecule has 0 aromatic carbocycles. The van der Waals surface area contributed by atoms with Gasteiger partial charge in [-0.3, -0.25) is 19.7 Å². The maximum atomic E-state index is 13.2. The standard InChI is InChI=1S/C22H29N5O3/c28-21-16(12-25-6-2-1-3-7-25)4-5-19-17-8-15(11-27(19)21)10-26(13-17)14-18-9-23-24-20(18)22(29)30/h4-5,9,15,17H,1-3,6-8,10-14H2,(H,23,24)(H,29,30)/t15-,17+/m0/s1. The van der Waals surface area contributed by atoms with Crippen LogP contribution in [0.4, 0.5) is 0 Å². The van der Waals surface area contributed by atoms with Gasteiger partial charge in [-0.05, 0) is 44.3 Å². The van der Waals surface area contributed by atoms with Gasteiger partial charge in [-0.15, -0.1) is 0 Å². The Balaban J connectivity index is 1.34. The lowest BCUT2D eigenvalue weighted by atomic mass is 9.82. The minimum absolute atomic E-state index is 0.171. The second kappa shape index (κ2) is 8.00. The molecule has 0 spiro atoms. The predicted molar refractivity (Wildman–Crippen MR) is 112 cm³/mol. The minimum Gasteiger partial charge on any atom is -0.477 e. The zero-order valence-corrected chi connectivity index (χ0v) is 17.2. The predicted octanol–water partition coefficient (Wildman–Crippen LogP) is 1.87. The topological polar surface area (TPSA) is 94.5 Å². The van der Waals surface area contributed by atoms with Crippen LogP contribution in [0.2, 0.25) is 0 Å². The van der Waals surface area contributed by atoms with E-state index in [1.807, 2.05) is 10.6 Å². The Labute approximate surface area is 175 Å². The number of aromatic nitrogens is 3. The van der Waals surface area contributed by atoms with Crippen molar-refractivity contribution in [1.82, 2.24) is 24.6 Å². The molecule has 0 aliphatic carbocycles. The van der Waals surface area contributed by atoms with Crippen molar-refractivity contribution in [3.05, 3.63) is 51.2 Å². The molecule has 2 aromatic rings. The summed E-state index contributed by atoms with van der Waals surface area (Å²) in [5, 5.41) is 15.8. The van der Waals surface area contributed by atoms with Crippen LogP contribution in [-0.4, -0.2) is 61.8 Å². The zero-order chi connectivity index (χ0) is 20.7. The number of H-pyrrole nitrogens is 1. The van der Waals surface area contributed by atoms with Crippen LogP contribution >= 0.6 is 0 Å². The van der Waals surface area contributed by atoms with Crippen LogP contribution in [0.15, 0.2) is 23.1 Å². The molecular formula is C22H29N5O3. The number of carboxylic acids is 1. The number of carbonyl (C=O) groups is 1. The van der Waals surface area contributed by atoms with Gasteiger partial charge < -0.3 is 9.67 Å². The fraction of sp³-hybridized carbons (Fsp3) is 0.591. The van der Waals surface area contributed by atoms with Crippen molar-refractivity contribution in [1.29, 1.82) is 0 Å². The number of rotatable bonds is 5.